The van der Waals surface area contributed by atoms with Crippen LogP contribution in [0.5, 0.6) is 0 Å². The van der Waals surface area contributed by atoms with Crippen LogP contribution in [0.25, 0.3) is 0 Å². The van der Waals surface area contributed by atoms with Gasteiger partial charge in [-0.15, -0.1) is 0 Å². The Labute approximate surface area is 240 Å². The molecule has 1 saturated carbocycles. The highest BCUT2D eigenvalue weighted by molar-refractivity contribution is 5.02. The molecule has 3 heterocycles. The van der Waals surface area contributed by atoms with Gasteiger partial charge in [0.1, 0.15) is 67.1 Å². The number of rotatable bonds is 9. The number of aliphatic hydroxyl groups is 8. The van der Waals surface area contributed by atoms with Crippen LogP contribution in [0, 0.1) is 0 Å². The summed E-state index contributed by atoms with van der Waals surface area (Å²) in [7, 11) is 0. The number of ether oxygens (including phenoxy) is 6. The third kappa shape index (κ3) is 6.60. The third-order valence-corrected chi connectivity index (χ3v) is 8.32. The molecule has 1 unspecified atom stereocenters. The maximum absolute atomic E-state index is 11.1. The topological polar surface area (TPSA) is 347 Å². The molecule has 4 rings (SSSR count). The highest BCUT2D eigenvalue weighted by atomic mass is 16.8. The molecule has 246 valence electrons. The first-order chi connectivity index (χ1) is 19.8. The number of aliphatic hydroxyl groups excluding tert-OH is 8. The Bertz CT molecular complexity index is 866. The summed E-state index contributed by atoms with van der Waals surface area (Å²) in [4.78, 5) is 0. The van der Waals surface area contributed by atoms with E-state index in [1.807, 2.05) is 0 Å². The van der Waals surface area contributed by atoms with Crippen LogP contribution in [0.4, 0.5) is 0 Å². The maximum atomic E-state index is 11.1. The van der Waals surface area contributed by atoms with Crippen molar-refractivity contribution in [1.29, 1.82) is 0 Å². The van der Waals surface area contributed by atoms with Crippen molar-refractivity contribution >= 4 is 0 Å². The molecular formula is C23H45N5O14. The van der Waals surface area contributed by atoms with E-state index >= 15 is 0 Å². The Morgan fingerprint density at radius 3 is 1.55 bits per heavy atom. The lowest BCUT2D eigenvalue weighted by Crippen LogP contribution is -2.68. The largest absolute Gasteiger partial charge is 0.394 e. The molecule has 0 spiro atoms. The molecule has 0 aromatic carbocycles. The van der Waals surface area contributed by atoms with E-state index in [1.54, 1.807) is 0 Å². The van der Waals surface area contributed by atoms with Crippen molar-refractivity contribution in [3.63, 3.8) is 0 Å². The molecule has 1 aliphatic carbocycles. The predicted octanol–water partition coefficient (Wildman–Crippen LogP) is -8.86. The number of hydrogen-bond acceptors (Lipinski definition) is 19. The SMILES string of the molecule is NC[C@@H]1O[C@H](O[C@H]2[C@@H](O)[C@@H](O[C@@H]3[C@@H](O)[C@H](N)C[C@H](N)[C@H]3OC3O[C@H](CO)[C@@H](O)[C@H](O)[C@H]3N)O[C@@H]2CO)[C@H](N)[C@@H](O)[C@@H]1O. The van der Waals surface area contributed by atoms with Crippen LogP contribution in [-0.4, -0.2) is 177 Å². The second-order valence-corrected chi connectivity index (χ2v) is 11.2. The average molecular weight is 616 g/mol. The monoisotopic (exact) mass is 615 g/mol. The van der Waals surface area contributed by atoms with Crippen LogP contribution < -0.4 is 28.7 Å². The van der Waals surface area contributed by atoms with Crippen molar-refractivity contribution in [1.82, 2.24) is 0 Å². The van der Waals surface area contributed by atoms with Gasteiger partial charge in [0.15, 0.2) is 18.9 Å². The van der Waals surface area contributed by atoms with Crippen LogP contribution in [0.3, 0.4) is 0 Å². The van der Waals surface area contributed by atoms with E-state index in [0.29, 0.717) is 0 Å². The van der Waals surface area contributed by atoms with Gasteiger partial charge in [-0.1, -0.05) is 0 Å². The molecule has 42 heavy (non-hydrogen) atoms. The number of hydrogen-bond donors (Lipinski definition) is 13. The first-order valence-electron chi connectivity index (χ1n) is 13.8. The summed E-state index contributed by atoms with van der Waals surface area (Å²) in [6.45, 7) is -1.49. The van der Waals surface area contributed by atoms with E-state index in [4.69, 9.17) is 57.1 Å². The van der Waals surface area contributed by atoms with Gasteiger partial charge in [-0.3, -0.25) is 0 Å². The smallest absolute Gasteiger partial charge is 0.187 e. The summed E-state index contributed by atoms with van der Waals surface area (Å²) in [5, 5.41) is 82.3. The first-order valence-corrected chi connectivity index (χ1v) is 13.8. The Balaban J connectivity index is 1.50. The molecule has 0 radical (unpaired) electrons. The van der Waals surface area contributed by atoms with Gasteiger partial charge >= 0.3 is 0 Å². The Hall–Kier alpha value is -0.760. The molecule has 4 aliphatic rings. The predicted molar refractivity (Wildman–Crippen MR) is 136 cm³/mol. The van der Waals surface area contributed by atoms with Crippen molar-refractivity contribution in [3.05, 3.63) is 0 Å². The van der Waals surface area contributed by atoms with Gasteiger partial charge in [0, 0.05) is 18.6 Å². The fourth-order valence-electron chi connectivity index (χ4n) is 5.70. The molecule has 0 aromatic heterocycles. The van der Waals surface area contributed by atoms with E-state index in [1.165, 1.54) is 0 Å². The summed E-state index contributed by atoms with van der Waals surface area (Å²) in [5.74, 6) is 0. The van der Waals surface area contributed by atoms with E-state index in [9.17, 15) is 40.9 Å². The quantitative estimate of drug-likeness (QED) is 0.114. The average Bonchev–Trinajstić information content (AvgIpc) is 3.27. The normalized spacial score (nSPS) is 53.8. The molecule has 0 bridgehead atoms. The number of nitrogens with two attached hydrogens (primary N) is 5. The fourth-order valence-corrected chi connectivity index (χ4v) is 5.70. The van der Waals surface area contributed by atoms with Crippen molar-refractivity contribution in [2.75, 3.05) is 19.8 Å². The molecular weight excluding hydrogens is 570 g/mol. The van der Waals surface area contributed by atoms with Crippen LogP contribution >= 0.6 is 0 Å². The fraction of sp³-hybridized carbons (Fsp3) is 1.00. The van der Waals surface area contributed by atoms with Crippen molar-refractivity contribution in [3.8, 4) is 0 Å². The summed E-state index contributed by atoms with van der Waals surface area (Å²) in [6, 6.07) is -4.30. The third-order valence-electron chi connectivity index (χ3n) is 8.32. The maximum Gasteiger partial charge on any atom is 0.187 e. The lowest BCUT2D eigenvalue weighted by atomic mass is 9.84. The zero-order valence-corrected chi connectivity index (χ0v) is 22.7. The Morgan fingerprint density at radius 1 is 0.524 bits per heavy atom. The van der Waals surface area contributed by atoms with Crippen molar-refractivity contribution in [2.45, 2.75) is 123 Å². The van der Waals surface area contributed by atoms with E-state index in [0.717, 1.165) is 0 Å². The molecule has 0 aromatic rings. The van der Waals surface area contributed by atoms with Crippen LogP contribution in [0.15, 0.2) is 0 Å². The molecule has 3 aliphatic heterocycles. The minimum absolute atomic E-state index is 0.0642. The Kier molecular flexibility index (Phi) is 11.5. The van der Waals surface area contributed by atoms with Gasteiger partial charge in [0.05, 0.1) is 31.4 Å². The summed E-state index contributed by atoms with van der Waals surface area (Å²) >= 11 is 0. The van der Waals surface area contributed by atoms with Gasteiger partial charge in [0.2, 0.25) is 0 Å². The Morgan fingerprint density at radius 2 is 1.00 bits per heavy atom. The lowest BCUT2D eigenvalue weighted by molar-refractivity contribution is -0.310. The van der Waals surface area contributed by atoms with Crippen LogP contribution in [0.1, 0.15) is 6.42 Å². The van der Waals surface area contributed by atoms with E-state index in [2.05, 4.69) is 0 Å². The summed E-state index contributed by atoms with van der Waals surface area (Å²) in [6.07, 6.45) is -20.5. The lowest BCUT2D eigenvalue weighted by Gasteiger charge is -2.47. The first kappa shape index (κ1) is 34.1. The molecule has 19 heteroatoms. The summed E-state index contributed by atoms with van der Waals surface area (Å²) < 4.78 is 34.4. The molecule has 18 N–H and O–H groups in total. The minimum Gasteiger partial charge on any atom is -0.394 e. The van der Waals surface area contributed by atoms with E-state index < -0.39 is 129 Å². The highest BCUT2D eigenvalue weighted by Crippen LogP contribution is 2.34. The zero-order chi connectivity index (χ0) is 31.0. The summed E-state index contributed by atoms with van der Waals surface area (Å²) in [5.41, 5.74) is 29.9. The highest BCUT2D eigenvalue weighted by Gasteiger charge is 2.54. The van der Waals surface area contributed by atoms with Crippen molar-refractivity contribution in [2.24, 2.45) is 28.7 Å². The van der Waals surface area contributed by atoms with Gasteiger partial charge < -0.3 is 97.9 Å². The van der Waals surface area contributed by atoms with Gasteiger partial charge in [-0.05, 0) is 6.42 Å². The van der Waals surface area contributed by atoms with Crippen molar-refractivity contribution < 1.29 is 69.3 Å². The zero-order valence-electron chi connectivity index (χ0n) is 22.7. The molecule has 19 atom stereocenters. The molecule has 19 nitrogen and oxygen atoms in total. The molecule has 4 fully saturated rings. The van der Waals surface area contributed by atoms with Crippen LogP contribution in [-0.2, 0) is 28.4 Å². The van der Waals surface area contributed by atoms with Crippen LogP contribution in [0.2, 0.25) is 0 Å². The second-order valence-electron chi connectivity index (χ2n) is 11.2. The molecule has 0 amide bonds. The van der Waals surface area contributed by atoms with E-state index in [-0.39, 0.29) is 13.0 Å². The second kappa shape index (κ2) is 14.1. The van der Waals surface area contributed by atoms with Gasteiger partial charge in [-0.25, -0.2) is 0 Å². The minimum atomic E-state index is -1.62. The molecule has 3 saturated heterocycles. The standard InChI is InChI=1S/C23H45N5O14/c24-2-7-13(32)15(34)10(27)21(37-7)41-19-9(4-30)39-23(17(19)36)42-20-12(31)5(25)1-6(26)18(20)40-22-11(28)16(35)14(33)8(3-29)38-22/h5-23,29-36H,1-4,24-28H2/t5-,6+,7+,8-,9-,10-,11-,12+,13-,14-,15-,16-,17-,18-,19-,20-,21-,22?,23-/m1/s1. The van der Waals surface area contributed by atoms with Gasteiger partial charge in [-0.2, -0.15) is 0 Å². The van der Waals surface area contributed by atoms with Gasteiger partial charge in [0.25, 0.3) is 0 Å².